The van der Waals surface area contributed by atoms with Gasteiger partial charge in [-0.3, -0.25) is 9.59 Å². The molecule has 0 fully saturated rings. The second-order valence-electron chi connectivity index (χ2n) is 6.42. The van der Waals surface area contributed by atoms with Gasteiger partial charge in [-0.15, -0.1) is 0 Å². The lowest BCUT2D eigenvalue weighted by Gasteiger charge is -2.19. The number of rotatable bonds is 4. The molecule has 0 aliphatic carbocycles. The largest absolute Gasteiger partial charge is 0.483 e. The molecule has 1 amide bonds. The summed E-state index contributed by atoms with van der Waals surface area (Å²) in [6, 6.07) is 8.30. The molecule has 1 aliphatic heterocycles. The van der Waals surface area contributed by atoms with Gasteiger partial charge in [-0.1, -0.05) is 12.1 Å². The number of benzene rings is 1. The molecule has 2 aromatic heterocycles. The van der Waals surface area contributed by atoms with Gasteiger partial charge >= 0.3 is 0 Å². The number of imidazole rings is 1. The molecular weight excluding hydrogens is 372 g/mol. The number of nitrogens with zero attached hydrogens (tertiary/aromatic N) is 4. The average molecular weight is 394 g/mol. The fourth-order valence-corrected chi connectivity index (χ4v) is 3.16. The van der Waals surface area contributed by atoms with E-state index in [0.717, 1.165) is 34.9 Å². The lowest BCUT2D eigenvalue weighted by atomic mass is 10.1. The molecule has 1 aliphatic rings. The van der Waals surface area contributed by atoms with Gasteiger partial charge in [0.15, 0.2) is 0 Å². The van der Waals surface area contributed by atoms with Crippen molar-refractivity contribution in [3.05, 3.63) is 65.1 Å². The molecule has 150 valence electrons. The van der Waals surface area contributed by atoms with Crippen molar-refractivity contribution in [3.8, 4) is 5.69 Å². The van der Waals surface area contributed by atoms with Gasteiger partial charge in [-0.05, 0) is 38.0 Å². The van der Waals surface area contributed by atoms with Crippen LogP contribution in [0.5, 0.6) is 0 Å². The summed E-state index contributed by atoms with van der Waals surface area (Å²) < 4.78 is 2.04. The van der Waals surface area contributed by atoms with Crippen LogP contribution in [0.25, 0.3) is 5.69 Å². The fraction of sp³-hybridized carbons (Fsp3) is 0.250. The molecule has 0 saturated heterocycles. The zero-order chi connectivity index (χ0) is 20.8. The van der Waals surface area contributed by atoms with Gasteiger partial charge in [-0.2, -0.15) is 0 Å². The number of anilines is 1. The summed E-state index contributed by atoms with van der Waals surface area (Å²) in [5.74, 6) is 2.17. The van der Waals surface area contributed by atoms with E-state index in [-0.39, 0.29) is 12.4 Å². The summed E-state index contributed by atoms with van der Waals surface area (Å²) >= 11 is 0. The molecule has 9 nitrogen and oxygen atoms in total. The van der Waals surface area contributed by atoms with Crippen LogP contribution in [0.1, 0.15) is 33.3 Å². The smallest absolute Gasteiger partial charge is 0.290 e. The highest BCUT2D eigenvalue weighted by atomic mass is 16.3. The zero-order valence-corrected chi connectivity index (χ0v) is 16.2. The van der Waals surface area contributed by atoms with Gasteiger partial charge in [-0.25, -0.2) is 15.0 Å². The Labute approximate surface area is 167 Å². The second-order valence-corrected chi connectivity index (χ2v) is 6.42. The third-order valence-electron chi connectivity index (χ3n) is 4.49. The standard InChI is InChI=1S/C19H20N6O.CH2O2/c1-12-23-17-16(7-8-21-19(17)26)18(24-12)22-11-14-3-5-15(6-4-14)25-10-9-20-13(25)2;2-1-3/h3-6,9-10H,7-8,11H2,1-2H3,(H,21,26)(H,22,23,24);1H,(H,2,3). The van der Waals surface area contributed by atoms with Crippen molar-refractivity contribution in [2.75, 3.05) is 11.9 Å². The van der Waals surface area contributed by atoms with Crippen LogP contribution in [0.4, 0.5) is 5.82 Å². The van der Waals surface area contributed by atoms with Crippen LogP contribution in [0, 0.1) is 13.8 Å². The van der Waals surface area contributed by atoms with E-state index in [1.807, 2.05) is 17.7 Å². The van der Waals surface area contributed by atoms with E-state index in [4.69, 9.17) is 9.90 Å². The van der Waals surface area contributed by atoms with Crippen LogP contribution < -0.4 is 10.6 Å². The van der Waals surface area contributed by atoms with Gasteiger partial charge in [0.05, 0.1) is 0 Å². The maximum Gasteiger partial charge on any atom is 0.290 e. The van der Waals surface area contributed by atoms with E-state index < -0.39 is 0 Å². The van der Waals surface area contributed by atoms with E-state index in [1.165, 1.54) is 0 Å². The van der Waals surface area contributed by atoms with Gasteiger partial charge in [0, 0.05) is 36.7 Å². The van der Waals surface area contributed by atoms with Crippen molar-refractivity contribution in [3.63, 3.8) is 0 Å². The first-order valence-corrected chi connectivity index (χ1v) is 9.10. The number of amides is 1. The van der Waals surface area contributed by atoms with Crippen molar-refractivity contribution in [2.45, 2.75) is 26.8 Å². The number of aryl methyl sites for hydroxylation is 2. The van der Waals surface area contributed by atoms with E-state index in [1.54, 1.807) is 13.1 Å². The maximum atomic E-state index is 12.0. The molecule has 29 heavy (non-hydrogen) atoms. The Morgan fingerprint density at radius 3 is 2.62 bits per heavy atom. The number of hydrogen-bond acceptors (Lipinski definition) is 6. The van der Waals surface area contributed by atoms with Crippen molar-refractivity contribution in [1.29, 1.82) is 0 Å². The summed E-state index contributed by atoms with van der Waals surface area (Å²) in [4.78, 5) is 33.4. The minimum absolute atomic E-state index is 0.125. The summed E-state index contributed by atoms with van der Waals surface area (Å²) in [5.41, 5.74) is 3.59. The van der Waals surface area contributed by atoms with Crippen LogP contribution in [-0.4, -0.2) is 43.5 Å². The highest BCUT2D eigenvalue weighted by molar-refractivity contribution is 5.95. The monoisotopic (exact) mass is 394 g/mol. The van der Waals surface area contributed by atoms with E-state index in [2.05, 4.69) is 49.9 Å². The van der Waals surface area contributed by atoms with Crippen LogP contribution in [-0.2, 0) is 17.8 Å². The third kappa shape index (κ3) is 4.57. The van der Waals surface area contributed by atoms with Crippen LogP contribution in [0.3, 0.4) is 0 Å². The Morgan fingerprint density at radius 1 is 1.24 bits per heavy atom. The number of carbonyl (C=O) groups is 2. The van der Waals surface area contributed by atoms with Crippen molar-refractivity contribution < 1.29 is 14.7 Å². The first kappa shape index (κ1) is 20.0. The summed E-state index contributed by atoms with van der Waals surface area (Å²) in [7, 11) is 0. The Bertz CT molecular complexity index is 1010. The number of hydrogen-bond donors (Lipinski definition) is 3. The molecule has 0 bridgehead atoms. The Balaban J connectivity index is 0.000000755. The van der Waals surface area contributed by atoms with Crippen LogP contribution in [0.2, 0.25) is 0 Å². The van der Waals surface area contributed by atoms with E-state index in [9.17, 15) is 4.79 Å². The minimum atomic E-state index is -0.250. The van der Waals surface area contributed by atoms with Crippen molar-refractivity contribution >= 4 is 18.2 Å². The molecule has 0 radical (unpaired) electrons. The summed E-state index contributed by atoms with van der Waals surface area (Å²) in [5, 5.41) is 13.1. The van der Waals surface area contributed by atoms with Gasteiger partial charge < -0.3 is 20.3 Å². The highest BCUT2D eigenvalue weighted by Gasteiger charge is 2.22. The van der Waals surface area contributed by atoms with E-state index in [0.29, 0.717) is 24.6 Å². The summed E-state index contributed by atoms with van der Waals surface area (Å²) in [6.07, 6.45) is 4.48. The maximum absolute atomic E-state index is 12.0. The predicted octanol–water partition coefficient (Wildman–Crippen LogP) is 1.88. The van der Waals surface area contributed by atoms with Crippen LogP contribution >= 0.6 is 0 Å². The molecule has 0 unspecified atom stereocenters. The molecule has 3 aromatic rings. The number of aromatic nitrogens is 4. The Hall–Kier alpha value is -3.75. The van der Waals surface area contributed by atoms with Crippen LogP contribution in [0.15, 0.2) is 36.7 Å². The van der Waals surface area contributed by atoms with Crippen molar-refractivity contribution in [1.82, 2.24) is 24.8 Å². The minimum Gasteiger partial charge on any atom is -0.483 e. The Kier molecular flexibility index (Phi) is 6.18. The zero-order valence-electron chi connectivity index (χ0n) is 16.2. The molecule has 0 atom stereocenters. The average Bonchev–Trinajstić information content (AvgIpc) is 3.14. The third-order valence-corrected chi connectivity index (χ3v) is 4.49. The molecule has 3 heterocycles. The normalized spacial score (nSPS) is 12.3. The molecule has 0 saturated carbocycles. The lowest BCUT2D eigenvalue weighted by Crippen LogP contribution is -2.34. The number of carboxylic acid groups (broad SMARTS) is 1. The molecule has 3 N–H and O–H groups in total. The number of nitrogens with one attached hydrogen (secondary N) is 2. The fourth-order valence-electron chi connectivity index (χ4n) is 3.16. The van der Waals surface area contributed by atoms with Gasteiger partial charge in [0.2, 0.25) is 0 Å². The number of carbonyl (C=O) groups excluding carboxylic acids is 1. The Morgan fingerprint density at radius 2 is 1.97 bits per heavy atom. The highest BCUT2D eigenvalue weighted by Crippen LogP contribution is 2.21. The second kappa shape index (κ2) is 8.96. The van der Waals surface area contributed by atoms with E-state index >= 15 is 0 Å². The molecular formula is C20H22N6O3. The topological polar surface area (TPSA) is 122 Å². The molecule has 9 heteroatoms. The predicted molar refractivity (Wildman–Crippen MR) is 107 cm³/mol. The summed E-state index contributed by atoms with van der Waals surface area (Å²) in [6.45, 7) is 4.78. The molecule has 0 spiro atoms. The SMILES string of the molecule is Cc1nc(NCc2ccc(-n3ccnc3C)cc2)c2c(n1)C(=O)NCC2.O=CO. The molecule has 4 rings (SSSR count). The first-order valence-electron chi connectivity index (χ1n) is 9.10. The first-order chi connectivity index (χ1) is 14.0. The number of fused-ring (bicyclic) bond motifs is 1. The van der Waals surface area contributed by atoms with Crippen molar-refractivity contribution in [2.24, 2.45) is 0 Å². The quantitative estimate of drug-likeness (QED) is 0.578. The van der Waals surface area contributed by atoms with Gasteiger partial charge in [0.1, 0.15) is 23.2 Å². The molecule has 1 aromatic carbocycles. The van der Waals surface area contributed by atoms with Gasteiger partial charge in [0.25, 0.3) is 12.4 Å². The lowest BCUT2D eigenvalue weighted by molar-refractivity contribution is -0.122.